The van der Waals surface area contributed by atoms with Gasteiger partial charge in [0.2, 0.25) is 0 Å². The zero-order valence-electron chi connectivity index (χ0n) is 10.7. The number of hydrogen-bond donors (Lipinski definition) is 2. The molecule has 0 saturated carbocycles. The van der Waals surface area contributed by atoms with E-state index in [0.29, 0.717) is 5.56 Å². The van der Waals surface area contributed by atoms with Gasteiger partial charge in [0.05, 0.1) is 17.7 Å². The van der Waals surface area contributed by atoms with E-state index in [1.165, 1.54) is 11.1 Å². The molecule has 1 amide bonds. The highest BCUT2D eigenvalue weighted by atomic mass is 16.3. The molecule has 17 heavy (non-hydrogen) atoms. The second-order valence-corrected chi connectivity index (χ2v) is 4.51. The first-order valence-corrected chi connectivity index (χ1v) is 5.45. The first-order chi connectivity index (χ1) is 7.94. The second-order valence-electron chi connectivity index (χ2n) is 4.51. The van der Waals surface area contributed by atoms with Crippen LogP contribution in [0.2, 0.25) is 0 Å². The number of pyridine rings is 1. The smallest absolute Gasteiger partial charge is 0.257 e. The maximum absolute atomic E-state index is 12.3. The van der Waals surface area contributed by atoms with E-state index in [2.05, 4.69) is 10.3 Å². The topological polar surface area (TPSA) is 65.5 Å². The molecule has 0 radical (unpaired) electrons. The zero-order valence-corrected chi connectivity index (χ0v) is 10.7. The van der Waals surface area contributed by atoms with Crippen LogP contribution in [0.3, 0.4) is 0 Å². The van der Waals surface area contributed by atoms with Crippen molar-refractivity contribution in [3.05, 3.63) is 24.0 Å². The van der Waals surface area contributed by atoms with Gasteiger partial charge >= 0.3 is 0 Å². The molecule has 0 saturated heterocycles. The number of nitrogens with one attached hydrogen (secondary N) is 1. The molecule has 1 aromatic rings. The van der Waals surface area contributed by atoms with Crippen LogP contribution < -0.4 is 5.32 Å². The van der Waals surface area contributed by atoms with Crippen LogP contribution in [0.5, 0.6) is 0 Å². The number of carbonyl (C=O) groups is 1. The monoisotopic (exact) mass is 237 g/mol. The van der Waals surface area contributed by atoms with E-state index in [1.807, 2.05) is 0 Å². The van der Waals surface area contributed by atoms with Crippen molar-refractivity contribution in [1.82, 2.24) is 9.88 Å². The Labute approximate surface area is 101 Å². The Kier molecular flexibility index (Phi) is 4.07. The molecule has 2 N–H and O–H groups in total. The Bertz CT molecular complexity index is 404. The molecule has 0 aromatic carbocycles. The van der Waals surface area contributed by atoms with Crippen LogP contribution in [0, 0.1) is 0 Å². The van der Waals surface area contributed by atoms with Gasteiger partial charge in [-0.25, -0.2) is 0 Å². The minimum absolute atomic E-state index is 0.0929. The highest BCUT2D eigenvalue weighted by Gasteiger charge is 2.28. The Morgan fingerprint density at radius 2 is 2.24 bits per heavy atom. The van der Waals surface area contributed by atoms with Gasteiger partial charge in [-0.1, -0.05) is 0 Å². The fourth-order valence-corrected chi connectivity index (χ4v) is 1.34. The number of aromatic nitrogens is 1. The summed E-state index contributed by atoms with van der Waals surface area (Å²) in [7, 11) is 3.42. The Morgan fingerprint density at radius 1 is 1.59 bits per heavy atom. The summed E-state index contributed by atoms with van der Waals surface area (Å²) < 4.78 is 0. The maximum Gasteiger partial charge on any atom is 0.257 e. The number of rotatable bonds is 4. The highest BCUT2D eigenvalue weighted by molar-refractivity contribution is 5.99. The lowest BCUT2D eigenvalue weighted by Gasteiger charge is -2.34. The minimum Gasteiger partial charge on any atom is -0.394 e. The number of aliphatic hydroxyl groups excluding tert-OH is 1. The number of nitrogens with zero attached hydrogens (tertiary/aromatic N) is 2. The third kappa shape index (κ3) is 2.74. The zero-order chi connectivity index (χ0) is 13.1. The highest BCUT2D eigenvalue weighted by Crippen LogP contribution is 2.19. The third-order valence-corrected chi connectivity index (χ3v) is 2.92. The van der Waals surface area contributed by atoms with Crippen LogP contribution >= 0.6 is 0 Å². The van der Waals surface area contributed by atoms with Gasteiger partial charge in [-0.2, -0.15) is 0 Å². The number of aliphatic hydroxyl groups is 1. The van der Waals surface area contributed by atoms with E-state index >= 15 is 0 Å². The molecule has 5 nitrogen and oxygen atoms in total. The van der Waals surface area contributed by atoms with Crippen molar-refractivity contribution >= 4 is 11.6 Å². The molecule has 0 aliphatic rings. The SMILES string of the molecule is CNc1ccncc1C(=O)N(C)C(C)(C)CO. The first kappa shape index (κ1) is 13.4. The van der Waals surface area contributed by atoms with Gasteiger partial charge in [-0.15, -0.1) is 0 Å². The van der Waals surface area contributed by atoms with E-state index in [0.717, 1.165) is 5.69 Å². The summed E-state index contributed by atoms with van der Waals surface area (Å²) in [6.07, 6.45) is 3.15. The molecule has 1 rings (SSSR count). The normalized spacial score (nSPS) is 11.1. The maximum atomic E-state index is 12.3. The summed E-state index contributed by atoms with van der Waals surface area (Å²) in [4.78, 5) is 17.7. The summed E-state index contributed by atoms with van der Waals surface area (Å²) in [5, 5.41) is 12.2. The summed E-state index contributed by atoms with van der Waals surface area (Å²) in [6, 6.07) is 1.74. The van der Waals surface area contributed by atoms with Crippen LogP contribution in [0.25, 0.3) is 0 Å². The molecule has 0 aliphatic carbocycles. The van der Waals surface area contributed by atoms with Crippen LogP contribution in [-0.4, -0.2) is 47.1 Å². The lowest BCUT2D eigenvalue weighted by atomic mass is 10.0. The number of amides is 1. The molecule has 0 fully saturated rings. The molecule has 94 valence electrons. The summed E-state index contributed by atoms with van der Waals surface area (Å²) in [5.41, 5.74) is 0.627. The molecular weight excluding hydrogens is 218 g/mol. The van der Waals surface area contributed by atoms with Gasteiger partial charge < -0.3 is 15.3 Å². The summed E-state index contributed by atoms with van der Waals surface area (Å²) in [6.45, 7) is 3.52. The number of likely N-dealkylation sites (N-methyl/N-ethyl adjacent to an activating group) is 1. The van der Waals surface area contributed by atoms with Crippen LogP contribution in [-0.2, 0) is 0 Å². The third-order valence-electron chi connectivity index (χ3n) is 2.92. The molecule has 5 heteroatoms. The quantitative estimate of drug-likeness (QED) is 0.819. The summed E-state index contributed by atoms with van der Waals surface area (Å²) in [5.74, 6) is -0.165. The first-order valence-electron chi connectivity index (χ1n) is 5.45. The van der Waals surface area contributed by atoms with Gasteiger partial charge in [0.1, 0.15) is 0 Å². The van der Waals surface area contributed by atoms with E-state index in [-0.39, 0.29) is 12.5 Å². The van der Waals surface area contributed by atoms with Crippen molar-refractivity contribution in [2.75, 3.05) is 26.0 Å². The van der Waals surface area contributed by atoms with Gasteiger partial charge in [0.15, 0.2) is 0 Å². The van der Waals surface area contributed by atoms with Crippen LogP contribution in [0.15, 0.2) is 18.5 Å². The number of carbonyl (C=O) groups excluding carboxylic acids is 1. The van der Waals surface area contributed by atoms with E-state index in [1.54, 1.807) is 40.2 Å². The average Bonchev–Trinajstić information content (AvgIpc) is 2.36. The second kappa shape index (κ2) is 5.14. The Morgan fingerprint density at radius 3 is 2.76 bits per heavy atom. The molecule has 1 aromatic heterocycles. The Hall–Kier alpha value is -1.62. The predicted molar refractivity (Wildman–Crippen MR) is 67.0 cm³/mol. The van der Waals surface area contributed by atoms with Crippen molar-refractivity contribution in [2.24, 2.45) is 0 Å². The average molecular weight is 237 g/mol. The molecule has 0 unspecified atom stereocenters. The number of anilines is 1. The lowest BCUT2D eigenvalue weighted by molar-refractivity contribution is 0.0473. The van der Waals surface area contributed by atoms with Gasteiger partial charge in [-0.3, -0.25) is 9.78 Å². The minimum atomic E-state index is -0.599. The van der Waals surface area contributed by atoms with Gasteiger partial charge in [-0.05, 0) is 19.9 Å². The van der Waals surface area contributed by atoms with Crippen molar-refractivity contribution in [2.45, 2.75) is 19.4 Å². The van der Waals surface area contributed by atoms with Gasteiger partial charge in [0, 0.05) is 32.2 Å². The van der Waals surface area contributed by atoms with Crippen LogP contribution in [0.4, 0.5) is 5.69 Å². The van der Waals surface area contributed by atoms with Crippen molar-refractivity contribution in [3.8, 4) is 0 Å². The van der Waals surface area contributed by atoms with E-state index in [9.17, 15) is 9.90 Å². The molecule has 1 heterocycles. The fraction of sp³-hybridized carbons (Fsp3) is 0.500. The predicted octanol–water partition coefficient (Wildman–Crippen LogP) is 0.966. The van der Waals surface area contributed by atoms with Gasteiger partial charge in [0.25, 0.3) is 5.91 Å². The van der Waals surface area contributed by atoms with E-state index < -0.39 is 5.54 Å². The van der Waals surface area contributed by atoms with Crippen molar-refractivity contribution in [3.63, 3.8) is 0 Å². The fourth-order valence-electron chi connectivity index (χ4n) is 1.34. The lowest BCUT2D eigenvalue weighted by Crippen LogP contribution is -2.47. The summed E-state index contributed by atoms with van der Waals surface area (Å²) >= 11 is 0. The molecule has 0 aliphatic heterocycles. The standard InChI is InChI=1S/C12H19N3O2/c1-12(2,8-16)15(4)11(17)9-7-14-6-5-10(9)13-3/h5-7,16H,8H2,1-4H3,(H,13,14). The molecule has 0 bridgehead atoms. The Balaban J connectivity index is 3.04. The molecular formula is C12H19N3O2. The number of hydrogen-bond acceptors (Lipinski definition) is 4. The molecule has 0 atom stereocenters. The van der Waals surface area contributed by atoms with Crippen molar-refractivity contribution < 1.29 is 9.90 Å². The molecule has 0 spiro atoms. The largest absolute Gasteiger partial charge is 0.394 e. The van der Waals surface area contributed by atoms with Crippen LogP contribution in [0.1, 0.15) is 24.2 Å². The van der Waals surface area contributed by atoms with E-state index in [4.69, 9.17) is 0 Å². The van der Waals surface area contributed by atoms with Crippen molar-refractivity contribution in [1.29, 1.82) is 0 Å².